The number of piperidine rings is 1. The van der Waals surface area contributed by atoms with Crippen LogP contribution in [0.5, 0.6) is 5.75 Å². The van der Waals surface area contributed by atoms with Crippen LogP contribution in [-0.2, 0) is 24.3 Å². The molecule has 1 aliphatic rings. The van der Waals surface area contributed by atoms with Crippen LogP contribution in [0.4, 0.5) is 0 Å². The van der Waals surface area contributed by atoms with E-state index in [0.29, 0.717) is 19.4 Å². The fourth-order valence-corrected chi connectivity index (χ4v) is 3.99. The molecule has 0 atom stereocenters. The van der Waals surface area contributed by atoms with Crippen LogP contribution in [0.2, 0.25) is 0 Å². The van der Waals surface area contributed by atoms with Crippen LogP contribution in [0.15, 0.2) is 29.6 Å². The fraction of sp³-hybridized carbons (Fsp3) is 0.500. The molecule has 5 nitrogen and oxygen atoms in total. The summed E-state index contributed by atoms with van der Waals surface area (Å²) in [5.41, 5.74) is 2.18. The summed E-state index contributed by atoms with van der Waals surface area (Å²) in [6.45, 7) is 3.78. The first kappa shape index (κ1) is 18.9. The summed E-state index contributed by atoms with van der Waals surface area (Å²) >= 11 is 1.63. The molecule has 26 heavy (non-hydrogen) atoms. The topological polar surface area (TPSA) is 54.5 Å². The lowest BCUT2D eigenvalue weighted by Gasteiger charge is -2.25. The van der Waals surface area contributed by atoms with Gasteiger partial charge in [-0.2, -0.15) is 0 Å². The minimum Gasteiger partial charge on any atom is -0.496 e. The number of carbonyl (C=O) groups excluding carboxylic acids is 1. The van der Waals surface area contributed by atoms with E-state index in [9.17, 15) is 4.79 Å². The molecule has 0 saturated carbocycles. The van der Waals surface area contributed by atoms with Gasteiger partial charge in [0, 0.05) is 18.3 Å². The van der Waals surface area contributed by atoms with Crippen LogP contribution in [0.3, 0.4) is 0 Å². The number of nitrogens with zero attached hydrogens (tertiary/aromatic N) is 2. The molecular formula is C20H27N3O2S. The van der Waals surface area contributed by atoms with E-state index in [-0.39, 0.29) is 5.91 Å². The number of carbonyl (C=O) groups is 1. The van der Waals surface area contributed by atoms with Crippen molar-refractivity contribution in [3.05, 3.63) is 45.9 Å². The zero-order valence-electron chi connectivity index (χ0n) is 15.4. The quantitative estimate of drug-likeness (QED) is 0.771. The maximum Gasteiger partial charge on any atom is 0.220 e. The molecule has 0 radical (unpaired) electrons. The third-order valence-electron chi connectivity index (χ3n) is 4.68. The molecule has 1 N–H and O–H groups in total. The lowest BCUT2D eigenvalue weighted by atomic mass is 10.1. The van der Waals surface area contributed by atoms with Crippen molar-refractivity contribution in [1.82, 2.24) is 15.2 Å². The molecule has 6 heteroatoms. The molecule has 0 aliphatic carbocycles. The fourth-order valence-electron chi connectivity index (χ4n) is 3.27. The molecule has 1 aromatic carbocycles. The summed E-state index contributed by atoms with van der Waals surface area (Å²) in [7, 11) is 1.66. The molecule has 140 valence electrons. The SMILES string of the molecule is COc1ccccc1CCC(=O)NCc1nc(CN2CCCCC2)cs1. The summed E-state index contributed by atoms with van der Waals surface area (Å²) in [6, 6.07) is 7.83. The Morgan fingerprint density at radius 2 is 2.08 bits per heavy atom. The second-order valence-electron chi connectivity index (χ2n) is 6.66. The highest BCUT2D eigenvalue weighted by Gasteiger charge is 2.13. The van der Waals surface area contributed by atoms with Crippen molar-refractivity contribution in [3.63, 3.8) is 0 Å². The molecule has 0 bridgehead atoms. The number of amides is 1. The minimum absolute atomic E-state index is 0.0451. The third kappa shape index (κ3) is 5.54. The zero-order chi connectivity index (χ0) is 18.2. The van der Waals surface area contributed by atoms with Gasteiger partial charge in [0.2, 0.25) is 5.91 Å². The van der Waals surface area contributed by atoms with E-state index in [1.165, 1.54) is 32.4 Å². The van der Waals surface area contributed by atoms with Gasteiger partial charge in [-0.1, -0.05) is 24.6 Å². The Morgan fingerprint density at radius 1 is 1.27 bits per heavy atom. The van der Waals surface area contributed by atoms with Crippen molar-refractivity contribution in [3.8, 4) is 5.75 Å². The zero-order valence-corrected chi connectivity index (χ0v) is 16.2. The van der Waals surface area contributed by atoms with Gasteiger partial charge in [-0.3, -0.25) is 9.69 Å². The third-order valence-corrected chi connectivity index (χ3v) is 5.58. The Labute approximate surface area is 159 Å². The van der Waals surface area contributed by atoms with E-state index in [1.54, 1.807) is 18.4 Å². The lowest BCUT2D eigenvalue weighted by molar-refractivity contribution is -0.121. The van der Waals surface area contributed by atoms with Gasteiger partial charge < -0.3 is 10.1 Å². The molecule has 1 aromatic heterocycles. The molecule has 2 aromatic rings. The molecule has 0 spiro atoms. The maximum atomic E-state index is 12.1. The van der Waals surface area contributed by atoms with Crippen LogP contribution in [-0.4, -0.2) is 36.0 Å². The molecule has 1 aliphatic heterocycles. The van der Waals surface area contributed by atoms with Crippen LogP contribution in [0.25, 0.3) is 0 Å². The van der Waals surface area contributed by atoms with E-state index in [2.05, 4.69) is 20.6 Å². The normalized spacial score (nSPS) is 15.0. The summed E-state index contributed by atoms with van der Waals surface area (Å²) in [6.07, 6.45) is 5.05. The Kier molecular flexibility index (Phi) is 7.03. The van der Waals surface area contributed by atoms with Crippen LogP contribution < -0.4 is 10.1 Å². The van der Waals surface area contributed by atoms with E-state index in [0.717, 1.165) is 28.6 Å². The van der Waals surface area contributed by atoms with Crippen molar-refractivity contribution in [2.75, 3.05) is 20.2 Å². The van der Waals surface area contributed by atoms with Crippen LogP contribution in [0.1, 0.15) is 41.9 Å². The molecule has 2 heterocycles. The van der Waals surface area contributed by atoms with E-state index in [4.69, 9.17) is 4.74 Å². The van der Waals surface area contributed by atoms with Crippen LogP contribution in [0, 0.1) is 0 Å². The predicted octanol–water partition coefficient (Wildman–Crippen LogP) is 3.39. The van der Waals surface area contributed by atoms with E-state index >= 15 is 0 Å². The molecular weight excluding hydrogens is 346 g/mol. The number of likely N-dealkylation sites (tertiary alicyclic amines) is 1. The second kappa shape index (κ2) is 9.69. The second-order valence-corrected chi connectivity index (χ2v) is 7.60. The van der Waals surface area contributed by atoms with Crippen molar-refractivity contribution >= 4 is 17.2 Å². The number of para-hydroxylation sites is 1. The standard InChI is InChI=1S/C20H27N3O2S/c1-25-18-8-4-3-7-16(18)9-10-19(24)21-13-20-22-17(15-26-20)14-23-11-5-2-6-12-23/h3-4,7-8,15H,2,5-6,9-14H2,1H3,(H,21,24). The monoisotopic (exact) mass is 373 g/mol. The number of methoxy groups -OCH3 is 1. The predicted molar refractivity (Wildman–Crippen MR) is 104 cm³/mol. The number of aromatic nitrogens is 1. The van der Waals surface area contributed by atoms with E-state index in [1.807, 2.05) is 24.3 Å². The summed E-state index contributed by atoms with van der Waals surface area (Å²) in [5, 5.41) is 6.07. The van der Waals surface area contributed by atoms with Crippen molar-refractivity contribution in [2.24, 2.45) is 0 Å². The number of hydrogen-bond acceptors (Lipinski definition) is 5. The number of aryl methyl sites for hydroxylation is 1. The summed E-state index contributed by atoms with van der Waals surface area (Å²) in [4.78, 5) is 19.3. The van der Waals surface area contributed by atoms with Gasteiger partial charge in [0.25, 0.3) is 0 Å². The van der Waals surface area contributed by atoms with Gasteiger partial charge in [0.05, 0.1) is 19.3 Å². The smallest absolute Gasteiger partial charge is 0.220 e. The van der Waals surface area contributed by atoms with Gasteiger partial charge in [0.1, 0.15) is 10.8 Å². The van der Waals surface area contributed by atoms with Crippen molar-refractivity contribution in [1.29, 1.82) is 0 Å². The number of ether oxygens (including phenoxy) is 1. The van der Waals surface area contributed by atoms with Gasteiger partial charge >= 0.3 is 0 Å². The number of hydrogen-bond donors (Lipinski definition) is 1. The van der Waals surface area contributed by atoms with Gasteiger partial charge in [0.15, 0.2) is 0 Å². The Morgan fingerprint density at radius 3 is 2.88 bits per heavy atom. The first-order valence-electron chi connectivity index (χ1n) is 9.29. The molecule has 3 rings (SSSR count). The largest absolute Gasteiger partial charge is 0.496 e. The summed E-state index contributed by atoms with van der Waals surface area (Å²) in [5.74, 6) is 0.881. The van der Waals surface area contributed by atoms with Crippen LogP contribution >= 0.6 is 11.3 Å². The first-order valence-corrected chi connectivity index (χ1v) is 10.2. The highest BCUT2D eigenvalue weighted by atomic mass is 32.1. The number of nitrogens with one attached hydrogen (secondary N) is 1. The van der Waals surface area contributed by atoms with Crippen molar-refractivity contribution < 1.29 is 9.53 Å². The maximum absolute atomic E-state index is 12.1. The number of rotatable bonds is 8. The summed E-state index contributed by atoms with van der Waals surface area (Å²) < 4.78 is 5.33. The van der Waals surface area contributed by atoms with Crippen molar-refractivity contribution in [2.45, 2.75) is 45.2 Å². The molecule has 1 fully saturated rings. The molecule has 0 unspecified atom stereocenters. The van der Waals surface area contributed by atoms with Gasteiger partial charge in [-0.05, 0) is 44.0 Å². The Hall–Kier alpha value is -1.92. The number of benzene rings is 1. The highest BCUT2D eigenvalue weighted by Crippen LogP contribution is 2.19. The average Bonchev–Trinajstić information content (AvgIpc) is 3.13. The first-order chi connectivity index (χ1) is 12.7. The molecule has 1 saturated heterocycles. The highest BCUT2D eigenvalue weighted by molar-refractivity contribution is 7.09. The average molecular weight is 374 g/mol. The lowest BCUT2D eigenvalue weighted by Crippen LogP contribution is -2.29. The Balaban J connectivity index is 1.41. The minimum atomic E-state index is 0.0451. The molecule has 1 amide bonds. The number of thiazole rings is 1. The van der Waals surface area contributed by atoms with Gasteiger partial charge in [-0.25, -0.2) is 4.98 Å². The van der Waals surface area contributed by atoms with Gasteiger partial charge in [-0.15, -0.1) is 11.3 Å². The van der Waals surface area contributed by atoms with E-state index < -0.39 is 0 Å². The Bertz CT molecular complexity index is 711.